The van der Waals surface area contributed by atoms with Crippen LogP contribution in [0.2, 0.25) is 0 Å². The highest BCUT2D eigenvalue weighted by Gasteiger charge is 2.32. The number of carbonyl (C=O) groups is 1. The van der Waals surface area contributed by atoms with Gasteiger partial charge in [0.1, 0.15) is 6.61 Å². The largest absolute Gasteiger partial charge is 0.493 e. The van der Waals surface area contributed by atoms with Crippen LogP contribution in [-0.4, -0.2) is 27.3 Å². The summed E-state index contributed by atoms with van der Waals surface area (Å²) in [6.07, 6.45) is 7.29. The van der Waals surface area contributed by atoms with Crippen molar-refractivity contribution >= 4 is 5.97 Å². The maximum atomic E-state index is 12.7. The molecular weight excluding hydrogens is 368 g/mol. The van der Waals surface area contributed by atoms with Gasteiger partial charge in [0.05, 0.1) is 27.2 Å². The number of benzene rings is 2. The summed E-state index contributed by atoms with van der Waals surface area (Å²) in [4.78, 5) is 12.7. The Morgan fingerprint density at radius 3 is 2.45 bits per heavy atom. The minimum absolute atomic E-state index is 0.0799. The van der Waals surface area contributed by atoms with Gasteiger partial charge in [0.25, 0.3) is 0 Å². The van der Waals surface area contributed by atoms with E-state index in [0.717, 1.165) is 30.4 Å². The molecule has 0 spiro atoms. The first-order chi connectivity index (χ1) is 14.2. The normalized spacial score (nSPS) is 16.7. The van der Waals surface area contributed by atoms with Gasteiger partial charge in [-0.25, -0.2) is 0 Å². The lowest BCUT2D eigenvalue weighted by Gasteiger charge is -2.26. The van der Waals surface area contributed by atoms with Crippen LogP contribution in [0, 0.1) is 5.92 Å². The summed E-state index contributed by atoms with van der Waals surface area (Å²) < 4.78 is 22.3. The summed E-state index contributed by atoms with van der Waals surface area (Å²) >= 11 is 0. The number of ether oxygens (including phenoxy) is 4. The molecule has 3 rings (SSSR count). The van der Waals surface area contributed by atoms with Crippen molar-refractivity contribution in [1.29, 1.82) is 0 Å². The smallest absolute Gasteiger partial charge is 0.313 e. The van der Waals surface area contributed by atoms with E-state index in [1.54, 1.807) is 14.2 Å². The number of allylic oxidation sites excluding steroid dienone is 2. The van der Waals surface area contributed by atoms with Gasteiger partial charge < -0.3 is 18.9 Å². The molecule has 2 aromatic rings. The van der Waals surface area contributed by atoms with Gasteiger partial charge in [-0.05, 0) is 48.4 Å². The van der Waals surface area contributed by atoms with Crippen LogP contribution in [-0.2, 0) is 16.1 Å². The fourth-order valence-corrected chi connectivity index (χ4v) is 3.77. The first-order valence-electron chi connectivity index (χ1n) is 9.85. The van der Waals surface area contributed by atoms with Crippen molar-refractivity contribution in [2.24, 2.45) is 5.92 Å². The highest BCUT2D eigenvalue weighted by Crippen LogP contribution is 2.43. The first-order valence-corrected chi connectivity index (χ1v) is 9.85. The molecule has 0 bridgehead atoms. The van der Waals surface area contributed by atoms with Gasteiger partial charge in [-0.1, -0.05) is 42.5 Å². The lowest BCUT2D eigenvalue weighted by Crippen LogP contribution is -2.23. The van der Waals surface area contributed by atoms with E-state index in [4.69, 9.17) is 18.9 Å². The van der Waals surface area contributed by atoms with E-state index in [0.29, 0.717) is 23.9 Å². The van der Waals surface area contributed by atoms with Crippen LogP contribution in [0.25, 0.3) is 0 Å². The molecule has 0 saturated carbocycles. The predicted octanol–water partition coefficient (Wildman–Crippen LogP) is 4.90. The minimum Gasteiger partial charge on any atom is -0.493 e. The van der Waals surface area contributed by atoms with E-state index < -0.39 is 5.92 Å². The zero-order valence-electron chi connectivity index (χ0n) is 17.2. The van der Waals surface area contributed by atoms with Crippen molar-refractivity contribution in [1.82, 2.24) is 0 Å². The monoisotopic (exact) mass is 396 g/mol. The standard InChI is InChI=1S/C24H28O5/c1-26-20-14-19(22(24(25)28-3)18-12-8-5-9-13-18)15-21(23(20)27-2)29-16-17-10-6-4-7-11-17/h4,6-8,10-12,14-15,18,22H,5,9,13,16H2,1-3H3. The lowest BCUT2D eigenvalue weighted by molar-refractivity contribution is -0.143. The fraction of sp³-hybridized carbons (Fsp3) is 0.375. The number of hydrogen-bond donors (Lipinski definition) is 0. The molecule has 2 unspecified atom stereocenters. The minimum atomic E-state index is -0.421. The van der Waals surface area contributed by atoms with E-state index in [1.165, 1.54) is 7.11 Å². The van der Waals surface area contributed by atoms with Gasteiger partial charge in [0.2, 0.25) is 5.75 Å². The number of esters is 1. The Labute approximate surface area is 172 Å². The number of rotatable bonds is 8. The van der Waals surface area contributed by atoms with E-state index in [9.17, 15) is 4.79 Å². The zero-order valence-corrected chi connectivity index (χ0v) is 17.2. The van der Waals surface area contributed by atoms with Crippen molar-refractivity contribution in [2.75, 3.05) is 21.3 Å². The number of hydrogen-bond acceptors (Lipinski definition) is 5. The van der Waals surface area contributed by atoms with E-state index >= 15 is 0 Å². The summed E-state index contributed by atoms with van der Waals surface area (Å²) in [6, 6.07) is 13.6. The predicted molar refractivity (Wildman–Crippen MR) is 112 cm³/mol. The van der Waals surface area contributed by atoms with Gasteiger partial charge in [-0.3, -0.25) is 4.79 Å². The zero-order chi connectivity index (χ0) is 20.6. The van der Waals surface area contributed by atoms with E-state index in [1.807, 2.05) is 42.5 Å². The highest BCUT2D eigenvalue weighted by atomic mass is 16.5. The van der Waals surface area contributed by atoms with Gasteiger partial charge in [0.15, 0.2) is 11.5 Å². The van der Waals surface area contributed by atoms with Gasteiger partial charge in [-0.15, -0.1) is 0 Å². The number of methoxy groups -OCH3 is 3. The Kier molecular flexibility index (Phi) is 7.17. The topological polar surface area (TPSA) is 54.0 Å². The third-order valence-corrected chi connectivity index (χ3v) is 5.24. The van der Waals surface area contributed by atoms with Gasteiger partial charge in [-0.2, -0.15) is 0 Å². The Morgan fingerprint density at radius 1 is 1.07 bits per heavy atom. The summed E-state index contributed by atoms with van der Waals surface area (Å²) in [5, 5.41) is 0. The molecule has 2 atom stereocenters. The van der Waals surface area contributed by atoms with Crippen LogP contribution < -0.4 is 14.2 Å². The van der Waals surface area contributed by atoms with Gasteiger partial charge in [0, 0.05) is 0 Å². The quantitative estimate of drug-likeness (QED) is 0.469. The van der Waals surface area contributed by atoms with Crippen LogP contribution >= 0.6 is 0 Å². The van der Waals surface area contributed by atoms with Crippen molar-refractivity contribution in [3.8, 4) is 17.2 Å². The Balaban J connectivity index is 1.99. The summed E-state index contributed by atoms with van der Waals surface area (Å²) in [5.41, 5.74) is 1.84. The fourth-order valence-electron chi connectivity index (χ4n) is 3.77. The first kappa shape index (κ1) is 20.8. The maximum Gasteiger partial charge on any atom is 0.313 e. The van der Waals surface area contributed by atoms with Crippen LogP contribution in [0.5, 0.6) is 17.2 Å². The van der Waals surface area contributed by atoms with Crippen LogP contribution in [0.15, 0.2) is 54.6 Å². The Morgan fingerprint density at radius 2 is 1.83 bits per heavy atom. The van der Waals surface area contributed by atoms with E-state index in [2.05, 4.69) is 12.2 Å². The molecule has 1 aliphatic rings. The molecule has 0 radical (unpaired) electrons. The molecule has 5 heteroatoms. The maximum absolute atomic E-state index is 12.7. The summed E-state index contributed by atoms with van der Waals surface area (Å²) in [7, 11) is 4.58. The third-order valence-electron chi connectivity index (χ3n) is 5.24. The molecule has 29 heavy (non-hydrogen) atoms. The Bertz CT molecular complexity index is 844. The van der Waals surface area contributed by atoms with Gasteiger partial charge >= 0.3 is 5.97 Å². The number of carbonyl (C=O) groups excluding carboxylic acids is 1. The molecule has 0 aromatic heterocycles. The summed E-state index contributed by atoms with van der Waals surface area (Å²) in [5.74, 6) is 0.977. The molecular formula is C24H28O5. The molecule has 0 N–H and O–H groups in total. The highest BCUT2D eigenvalue weighted by molar-refractivity contribution is 5.79. The molecule has 154 valence electrons. The van der Waals surface area contributed by atoms with Crippen LogP contribution in [0.1, 0.15) is 36.3 Å². The van der Waals surface area contributed by atoms with Crippen LogP contribution in [0.3, 0.4) is 0 Å². The Hall–Kier alpha value is -2.95. The SMILES string of the molecule is COC(=O)C(c1cc(OC)c(OC)c(OCc2ccccc2)c1)C1C=CCCC1. The second kappa shape index (κ2) is 10.0. The summed E-state index contributed by atoms with van der Waals surface area (Å²) in [6.45, 7) is 0.385. The van der Waals surface area contributed by atoms with E-state index in [-0.39, 0.29) is 11.9 Å². The molecule has 0 amide bonds. The molecule has 1 aliphatic carbocycles. The second-order valence-corrected chi connectivity index (χ2v) is 7.05. The molecule has 0 aliphatic heterocycles. The molecule has 0 fully saturated rings. The average molecular weight is 396 g/mol. The molecule has 2 aromatic carbocycles. The van der Waals surface area contributed by atoms with Crippen LogP contribution in [0.4, 0.5) is 0 Å². The molecule has 0 heterocycles. The lowest BCUT2D eigenvalue weighted by atomic mass is 9.80. The van der Waals surface area contributed by atoms with Crippen molar-refractivity contribution in [3.05, 3.63) is 65.7 Å². The molecule has 5 nitrogen and oxygen atoms in total. The molecule has 0 saturated heterocycles. The average Bonchev–Trinajstić information content (AvgIpc) is 2.78. The third kappa shape index (κ3) is 4.91. The van der Waals surface area contributed by atoms with Crippen molar-refractivity contribution < 1.29 is 23.7 Å². The van der Waals surface area contributed by atoms with Crippen molar-refractivity contribution in [2.45, 2.75) is 31.8 Å². The second-order valence-electron chi connectivity index (χ2n) is 7.05. The van der Waals surface area contributed by atoms with Crippen molar-refractivity contribution in [3.63, 3.8) is 0 Å².